The van der Waals surface area contributed by atoms with E-state index in [4.69, 9.17) is 9.47 Å². The number of nitrogens with one attached hydrogen (secondary N) is 1. The molecule has 1 N–H and O–H groups in total. The van der Waals surface area contributed by atoms with Crippen molar-refractivity contribution in [2.75, 3.05) is 31.7 Å². The fraction of sp³-hybridized carbons (Fsp3) is 0.455. The molecule has 1 saturated heterocycles. The van der Waals surface area contributed by atoms with Crippen LogP contribution in [0.4, 0.5) is 5.95 Å². The minimum Gasteiger partial charge on any atom is -0.376 e. The first-order valence-corrected chi connectivity index (χ1v) is 6.43. The topological polar surface area (TPSA) is 56.3 Å². The molecule has 17 heavy (non-hydrogen) atoms. The maximum Gasteiger partial charge on any atom is 0.224 e. The summed E-state index contributed by atoms with van der Waals surface area (Å²) in [5, 5.41) is 6.27. The molecular formula is C11H13N3O2S. The van der Waals surface area contributed by atoms with E-state index < -0.39 is 0 Å². The van der Waals surface area contributed by atoms with Crippen molar-refractivity contribution in [3.63, 3.8) is 0 Å². The number of hydrogen-bond donors (Lipinski definition) is 1. The summed E-state index contributed by atoms with van der Waals surface area (Å²) in [5.74, 6) is 0.647. The Kier molecular flexibility index (Phi) is 3.17. The lowest BCUT2D eigenvalue weighted by Gasteiger charge is -2.22. The number of nitrogens with zero attached hydrogens (tertiary/aromatic N) is 2. The Morgan fingerprint density at radius 1 is 1.47 bits per heavy atom. The molecule has 90 valence electrons. The van der Waals surface area contributed by atoms with Gasteiger partial charge in [0, 0.05) is 18.1 Å². The minimum absolute atomic E-state index is 0.0892. The molecule has 3 heterocycles. The van der Waals surface area contributed by atoms with Crippen molar-refractivity contribution in [2.45, 2.75) is 6.10 Å². The van der Waals surface area contributed by atoms with E-state index in [2.05, 4.69) is 15.3 Å². The minimum atomic E-state index is 0.0892. The summed E-state index contributed by atoms with van der Waals surface area (Å²) >= 11 is 1.62. The van der Waals surface area contributed by atoms with Crippen LogP contribution in [-0.2, 0) is 9.47 Å². The average Bonchev–Trinajstić information content (AvgIpc) is 2.85. The van der Waals surface area contributed by atoms with E-state index in [1.807, 2.05) is 17.6 Å². The van der Waals surface area contributed by atoms with Gasteiger partial charge in [-0.25, -0.2) is 9.97 Å². The first-order valence-electron chi connectivity index (χ1n) is 5.55. The van der Waals surface area contributed by atoms with Crippen LogP contribution in [0.25, 0.3) is 10.2 Å². The van der Waals surface area contributed by atoms with Crippen LogP contribution in [0.3, 0.4) is 0 Å². The van der Waals surface area contributed by atoms with Crippen LogP contribution in [0.5, 0.6) is 0 Å². The molecule has 6 heteroatoms. The van der Waals surface area contributed by atoms with E-state index in [9.17, 15) is 0 Å². The van der Waals surface area contributed by atoms with Crippen LogP contribution >= 0.6 is 11.3 Å². The molecule has 0 saturated carbocycles. The fourth-order valence-corrected chi connectivity index (χ4v) is 2.44. The standard InChI is InChI=1S/C11H13N3O2S/c1-4-17-10-8(1)5-12-11(14-10)13-6-9-7-15-2-3-16-9/h1,4-5,9H,2-3,6-7H2,(H,12,13,14). The predicted molar refractivity (Wildman–Crippen MR) is 66.5 cm³/mol. The molecule has 1 aliphatic heterocycles. The van der Waals surface area contributed by atoms with Crippen LogP contribution < -0.4 is 5.32 Å². The summed E-state index contributed by atoms with van der Waals surface area (Å²) in [6.45, 7) is 2.66. The quantitative estimate of drug-likeness (QED) is 0.896. The third-order valence-corrected chi connectivity index (χ3v) is 3.40. The van der Waals surface area contributed by atoms with E-state index in [0.717, 1.165) is 10.2 Å². The molecule has 0 aliphatic carbocycles. The van der Waals surface area contributed by atoms with Gasteiger partial charge in [-0.15, -0.1) is 11.3 Å². The molecule has 1 fully saturated rings. The number of aromatic nitrogens is 2. The molecule has 2 aromatic heterocycles. The van der Waals surface area contributed by atoms with E-state index in [1.54, 1.807) is 11.3 Å². The normalized spacial score (nSPS) is 20.6. The first-order chi connectivity index (χ1) is 8.42. The van der Waals surface area contributed by atoms with Gasteiger partial charge in [-0.05, 0) is 11.4 Å². The third-order valence-electron chi connectivity index (χ3n) is 2.58. The largest absolute Gasteiger partial charge is 0.376 e. The molecule has 0 aromatic carbocycles. The molecule has 1 aliphatic rings. The SMILES string of the molecule is c1cc2cnc(NCC3COCCO3)nc2s1. The van der Waals surface area contributed by atoms with Crippen molar-refractivity contribution in [1.29, 1.82) is 0 Å². The van der Waals surface area contributed by atoms with E-state index in [0.29, 0.717) is 32.3 Å². The zero-order valence-electron chi connectivity index (χ0n) is 9.26. The molecule has 2 aromatic rings. The Hall–Kier alpha value is -1.24. The number of fused-ring (bicyclic) bond motifs is 1. The fourth-order valence-electron chi connectivity index (χ4n) is 1.70. The van der Waals surface area contributed by atoms with Gasteiger partial charge in [-0.3, -0.25) is 0 Å². The van der Waals surface area contributed by atoms with Crippen LogP contribution in [0.2, 0.25) is 0 Å². The molecule has 1 unspecified atom stereocenters. The third kappa shape index (κ3) is 2.54. The van der Waals surface area contributed by atoms with Gasteiger partial charge in [0.2, 0.25) is 5.95 Å². The molecule has 5 nitrogen and oxygen atoms in total. The van der Waals surface area contributed by atoms with Crippen LogP contribution in [0, 0.1) is 0 Å². The molecule has 1 atom stereocenters. The maximum absolute atomic E-state index is 5.53. The molecule has 0 amide bonds. The maximum atomic E-state index is 5.53. The van der Waals surface area contributed by atoms with E-state index in [1.165, 1.54) is 0 Å². The van der Waals surface area contributed by atoms with Crippen LogP contribution in [0.1, 0.15) is 0 Å². The molecular weight excluding hydrogens is 238 g/mol. The van der Waals surface area contributed by atoms with Crippen molar-refractivity contribution >= 4 is 27.5 Å². The molecule has 3 rings (SSSR count). The second-order valence-corrected chi connectivity index (χ2v) is 4.72. The van der Waals surface area contributed by atoms with Crippen LogP contribution in [0.15, 0.2) is 17.6 Å². The lowest BCUT2D eigenvalue weighted by atomic mass is 10.3. The van der Waals surface area contributed by atoms with Gasteiger partial charge in [0.25, 0.3) is 0 Å². The highest BCUT2D eigenvalue weighted by Gasteiger charge is 2.14. The molecule has 0 radical (unpaired) electrons. The van der Waals surface area contributed by atoms with Crippen molar-refractivity contribution in [2.24, 2.45) is 0 Å². The number of hydrogen-bond acceptors (Lipinski definition) is 6. The van der Waals surface area contributed by atoms with Crippen molar-refractivity contribution in [3.05, 3.63) is 17.6 Å². The summed E-state index contributed by atoms with van der Waals surface area (Å²) in [6.07, 6.45) is 1.92. The van der Waals surface area contributed by atoms with Gasteiger partial charge < -0.3 is 14.8 Å². The Labute approximate surface area is 103 Å². The zero-order chi connectivity index (χ0) is 11.5. The van der Waals surface area contributed by atoms with Gasteiger partial charge in [0.05, 0.1) is 25.9 Å². The highest BCUT2D eigenvalue weighted by molar-refractivity contribution is 7.16. The van der Waals surface area contributed by atoms with Gasteiger partial charge >= 0.3 is 0 Å². The number of rotatable bonds is 3. The first kappa shape index (κ1) is 10.9. The lowest BCUT2D eigenvalue weighted by molar-refractivity contribution is -0.0819. The Bertz CT molecular complexity index is 496. The zero-order valence-corrected chi connectivity index (χ0v) is 10.1. The van der Waals surface area contributed by atoms with Gasteiger partial charge in [0.15, 0.2) is 0 Å². The van der Waals surface area contributed by atoms with Crippen molar-refractivity contribution < 1.29 is 9.47 Å². The predicted octanol–water partition coefficient (Wildman–Crippen LogP) is 1.52. The van der Waals surface area contributed by atoms with Gasteiger partial charge in [0.1, 0.15) is 4.83 Å². The van der Waals surface area contributed by atoms with Crippen LogP contribution in [-0.4, -0.2) is 42.4 Å². The van der Waals surface area contributed by atoms with Gasteiger partial charge in [-0.2, -0.15) is 0 Å². The summed E-state index contributed by atoms with van der Waals surface area (Å²) in [4.78, 5) is 9.67. The van der Waals surface area contributed by atoms with E-state index >= 15 is 0 Å². The smallest absolute Gasteiger partial charge is 0.224 e. The van der Waals surface area contributed by atoms with Crippen molar-refractivity contribution in [3.8, 4) is 0 Å². The number of anilines is 1. The number of thiophene rings is 1. The number of ether oxygens (including phenoxy) is 2. The van der Waals surface area contributed by atoms with E-state index in [-0.39, 0.29) is 6.10 Å². The summed E-state index contributed by atoms with van der Waals surface area (Å²) in [5.41, 5.74) is 0. The summed E-state index contributed by atoms with van der Waals surface area (Å²) < 4.78 is 10.9. The monoisotopic (exact) mass is 251 g/mol. The summed E-state index contributed by atoms with van der Waals surface area (Å²) in [7, 11) is 0. The van der Waals surface area contributed by atoms with Gasteiger partial charge in [-0.1, -0.05) is 0 Å². The molecule has 0 bridgehead atoms. The second-order valence-electron chi connectivity index (χ2n) is 3.82. The van der Waals surface area contributed by atoms with Crippen molar-refractivity contribution in [1.82, 2.24) is 9.97 Å². The Morgan fingerprint density at radius 2 is 2.47 bits per heavy atom. The highest BCUT2D eigenvalue weighted by atomic mass is 32.1. The Balaban J connectivity index is 1.63. The summed E-state index contributed by atoms with van der Waals surface area (Å²) in [6, 6.07) is 2.02. The molecule has 0 spiro atoms. The second kappa shape index (κ2) is 4.95. The highest BCUT2D eigenvalue weighted by Crippen LogP contribution is 2.18. The lowest BCUT2D eigenvalue weighted by Crippen LogP contribution is -2.34. The average molecular weight is 251 g/mol. The Morgan fingerprint density at radius 3 is 3.35 bits per heavy atom.